The Morgan fingerprint density at radius 3 is 2.81 bits per heavy atom. The Labute approximate surface area is 141 Å². The molecule has 0 aliphatic heterocycles. The van der Waals surface area contributed by atoms with Gasteiger partial charge in [0.1, 0.15) is 4.90 Å². The Hall–Kier alpha value is -0.480. The first-order chi connectivity index (χ1) is 9.92. The third kappa shape index (κ3) is 4.49. The number of thiazole rings is 1. The van der Waals surface area contributed by atoms with Crippen LogP contribution in [0.15, 0.2) is 20.1 Å². The number of aromatic nitrogens is 1. The van der Waals surface area contributed by atoms with Crippen LogP contribution in [-0.4, -0.2) is 19.9 Å². The van der Waals surface area contributed by atoms with E-state index < -0.39 is 10.0 Å². The van der Waals surface area contributed by atoms with Gasteiger partial charge in [0.05, 0.1) is 9.48 Å². The van der Waals surface area contributed by atoms with Crippen molar-refractivity contribution < 1.29 is 8.42 Å². The van der Waals surface area contributed by atoms with Crippen molar-refractivity contribution >= 4 is 53.8 Å². The largest absolute Gasteiger partial charge is 0.312 e. The van der Waals surface area contributed by atoms with Crippen LogP contribution in [0.5, 0.6) is 0 Å². The standard InChI is InChI=1S/C12H16BrN3O2S3/c1-3-4-14-6-9-5-10(11(13)20-9)21(17,18)16-12-15-8(2)7-19-12/h5,7,14H,3-4,6H2,1-2H3,(H,15,16). The van der Waals surface area contributed by atoms with Gasteiger partial charge < -0.3 is 5.32 Å². The summed E-state index contributed by atoms with van der Waals surface area (Å²) in [6.45, 7) is 5.50. The minimum Gasteiger partial charge on any atom is -0.312 e. The van der Waals surface area contributed by atoms with Gasteiger partial charge in [-0.3, -0.25) is 4.72 Å². The van der Waals surface area contributed by atoms with E-state index in [0.29, 0.717) is 15.5 Å². The Kier molecular flexibility index (Phi) is 5.78. The summed E-state index contributed by atoms with van der Waals surface area (Å²) in [4.78, 5) is 5.36. The molecule has 2 heterocycles. The molecule has 0 aliphatic carbocycles. The van der Waals surface area contributed by atoms with Crippen molar-refractivity contribution in [2.75, 3.05) is 11.3 Å². The second-order valence-corrected chi connectivity index (χ2v) is 9.39. The monoisotopic (exact) mass is 409 g/mol. The molecule has 0 saturated heterocycles. The average molecular weight is 410 g/mol. The highest BCUT2D eigenvalue weighted by Gasteiger charge is 2.22. The van der Waals surface area contributed by atoms with Crippen LogP contribution in [0, 0.1) is 6.92 Å². The van der Waals surface area contributed by atoms with Crippen LogP contribution in [0.2, 0.25) is 0 Å². The van der Waals surface area contributed by atoms with E-state index >= 15 is 0 Å². The van der Waals surface area contributed by atoms with Crippen molar-refractivity contribution in [1.29, 1.82) is 0 Å². The zero-order valence-corrected chi connectivity index (χ0v) is 15.7. The molecule has 0 spiro atoms. The highest BCUT2D eigenvalue weighted by molar-refractivity contribution is 9.11. The van der Waals surface area contributed by atoms with Crippen molar-refractivity contribution in [3.05, 3.63) is 25.8 Å². The first-order valence-corrected chi connectivity index (χ1v) is 10.3. The third-order valence-electron chi connectivity index (χ3n) is 2.56. The molecule has 2 aromatic rings. The highest BCUT2D eigenvalue weighted by atomic mass is 79.9. The molecule has 0 saturated carbocycles. The van der Waals surface area contributed by atoms with Crippen molar-refractivity contribution in [3.63, 3.8) is 0 Å². The molecule has 2 N–H and O–H groups in total. The van der Waals surface area contributed by atoms with Gasteiger partial charge in [-0.25, -0.2) is 13.4 Å². The fourth-order valence-electron chi connectivity index (χ4n) is 1.63. The summed E-state index contributed by atoms with van der Waals surface area (Å²) in [5.41, 5.74) is 0.798. The predicted octanol–water partition coefficient (Wildman–Crippen LogP) is 3.58. The lowest BCUT2D eigenvalue weighted by Crippen LogP contribution is -2.14. The molecule has 5 nitrogen and oxygen atoms in total. The molecule has 2 rings (SSSR count). The van der Waals surface area contributed by atoms with E-state index in [-0.39, 0.29) is 4.90 Å². The van der Waals surface area contributed by atoms with E-state index in [0.717, 1.165) is 23.5 Å². The fourth-order valence-corrected chi connectivity index (χ4v) is 6.22. The molecule has 21 heavy (non-hydrogen) atoms. The van der Waals surface area contributed by atoms with Crippen LogP contribution in [0.25, 0.3) is 0 Å². The SMILES string of the molecule is CCCNCc1cc(S(=O)(=O)Nc2nc(C)cs2)c(Br)s1. The number of thiophene rings is 1. The number of aryl methyl sites for hydroxylation is 1. The van der Waals surface area contributed by atoms with E-state index in [9.17, 15) is 8.42 Å². The zero-order chi connectivity index (χ0) is 15.5. The molecule has 0 fully saturated rings. The maximum Gasteiger partial charge on any atom is 0.265 e. The van der Waals surface area contributed by atoms with E-state index in [1.165, 1.54) is 22.7 Å². The number of sulfonamides is 1. The zero-order valence-electron chi connectivity index (χ0n) is 11.6. The van der Waals surface area contributed by atoms with Gasteiger partial charge >= 0.3 is 0 Å². The number of nitrogens with one attached hydrogen (secondary N) is 2. The van der Waals surface area contributed by atoms with Crippen LogP contribution in [-0.2, 0) is 16.6 Å². The highest BCUT2D eigenvalue weighted by Crippen LogP contribution is 2.33. The summed E-state index contributed by atoms with van der Waals surface area (Å²) < 4.78 is 27.9. The minimum atomic E-state index is -3.61. The molecule has 0 unspecified atom stereocenters. The van der Waals surface area contributed by atoms with E-state index in [4.69, 9.17) is 0 Å². The summed E-state index contributed by atoms with van der Waals surface area (Å²) in [5, 5.41) is 5.45. The topological polar surface area (TPSA) is 71.1 Å². The maximum absolute atomic E-state index is 12.4. The lowest BCUT2D eigenvalue weighted by atomic mass is 10.4. The normalized spacial score (nSPS) is 11.8. The second kappa shape index (κ2) is 7.19. The van der Waals surface area contributed by atoms with Crippen LogP contribution in [0.1, 0.15) is 23.9 Å². The smallest absolute Gasteiger partial charge is 0.265 e. The predicted molar refractivity (Wildman–Crippen MR) is 91.7 cm³/mol. The number of hydrogen-bond donors (Lipinski definition) is 2. The summed E-state index contributed by atoms with van der Waals surface area (Å²) in [7, 11) is -3.61. The van der Waals surface area contributed by atoms with Gasteiger partial charge in [0.2, 0.25) is 0 Å². The molecule has 2 aromatic heterocycles. The Morgan fingerprint density at radius 1 is 1.43 bits per heavy atom. The van der Waals surface area contributed by atoms with Gasteiger partial charge in [-0.2, -0.15) is 0 Å². The van der Waals surface area contributed by atoms with Crippen molar-refractivity contribution in [3.8, 4) is 0 Å². The second-order valence-electron chi connectivity index (χ2n) is 4.43. The third-order valence-corrected chi connectivity index (χ3v) is 7.16. The van der Waals surface area contributed by atoms with Crippen LogP contribution >= 0.6 is 38.6 Å². The summed E-state index contributed by atoms with van der Waals surface area (Å²) in [6.07, 6.45) is 1.04. The van der Waals surface area contributed by atoms with Crippen molar-refractivity contribution in [2.24, 2.45) is 0 Å². The average Bonchev–Trinajstić information content (AvgIpc) is 2.96. The fraction of sp³-hybridized carbons (Fsp3) is 0.417. The number of halogens is 1. The molecule has 9 heteroatoms. The van der Waals surface area contributed by atoms with E-state index in [2.05, 4.69) is 37.9 Å². The van der Waals surface area contributed by atoms with Crippen LogP contribution in [0.3, 0.4) is 0 Å². The van der Waals surface area contributed by atoms with E-state index in [1.807, 2.05) is 6.92 Å². The van der Waals surface area contributed by atoms with Gasteiger partial charge in [0.25, 0.3) is 10.0 Å². The van der Waals surface area contributed by atoms with Crippen molar-refractivity contribution in [2.45, 2.75) is 31.7 Å². The van der Waals surface area contributed by atoms with Crippen LogP contribution in [0.4, 0.5) is 5.13 Å². The lowest BCUT2D eigenvalue weighted by Gasteiger charge is -2.03. The molecule has 0 aromatic carbocycles. The molecule has 0 bridgehead atoms. The lowest BCUT2D eigenvalue weighted by molar-refractivity contribution is 0.601. The van der Waals surface area contributed by atoms with Gasteiger partial charge in [0, 0.05) is 16.8 Å². The van der Waals surface area contributed by atoms with Gasteiger partial charge in [0.15, 0.2) is 5.13 Å². The summed E-state index contributed by atoms with van der Waals surface area (Å²) in [6, 6.07) is 1.69. The molecule has 0 atom stereocenters. The number of rotatable bonds is 7. The maximum atomic E-state index is 12.4. The summed E-state index contributed by atoms with van der Waals surface area (Å²) in [5.74, 6) is 0. The molecule has 0 amide bonds. The molecule has 116 valence electrons. The van der Waals surface area contributed by atoms with Crippen molar-refractivity contribution in [1.82, 2.24) is 10.3 Å². The Balaban J connectivity index is 2.16. The molecular formula is C12H16BrN3O2S3. The number of hydrogen-bond acceptors (Lipinski definition) is 6. The van der Waals surface area contributed by atoms with Gasteiger partial charge in [-0.1, -0.05) is 6.92 Å². The molecule has 0 radical (unpaired) electrons. The molecule has 0 aliphatic rings. The molecular weight excluding hydrogens is 394 g/mol. The quantitative estimate of drug-likeness (QED) is 0.685. The number of nitrogens with zero attached hydrogens (tertiary/aromatic N) is 1. The Morgan fingerprint density at radius 2 is 2.19 bits per heavy atom. The Bertz CT molecular complexity index is 709. The first kappa shape index (κ1) is 16.9. The first-order valence-electron chi connectivity index (χ1n) is 6.36. The summed E-state index contributed by atoms with van der Waals surface area (Å²) >= 11 is 6.04. The van der Waals surface area contributed by atoms with Crippen LogP contribution < -0.4 is 10.0 Å². The van der Waals surface area contributed by atoms with Gasteiger partial charge in [-0.05, 0) is 41.9 Å². The minimum absolute atomic E-state index is 0.258. The van der Waals surface area contributed by atoms with Gasteiger partial charge in [-0.15, -0.1) is 22.7 Å². The van der Waals surface area contributed by atoms with E-state index in [1.54, 1.807) is 11.4 Å². The number of anilines is 1.